The Kier molecular flexibility index (Phi) is 4.89. The molecule has 2 amide bonds. The van der Waals surface area contributed by atoms with E-state index in [1.54, 1.807) is 62.9 Å². The smallest absolute Gasteiger partial charge is 0.410 e. The van der Waals surface area contributed by atoms with Crippen molar-refractivity contribution < 1.29 is 19.1 Å². The van der Waals surface area contributed by atoms with Crippen molar-refractivity contribution in [2.75, 3.05) is 14.1 Å². The van der Waals surface area contributed by atoms with Gasteiger partial charge < -0.3 is 20.1 Å². The zero-order chi connectivity index (χ0) is 21.3. The highest BCUT2D eigenvalue weighted by Crippen LogP contribution is 2.44. The van der Waals surface area contributed by atoms with Crippen LogP contribution in [0.25, 0.3) is 32.9 Å². The normalized spacial score (nSPS) is 10.7. The predicted molar refractivity (Wildman–Crippen MR) is 112 cm³/mol. The Labute approximate surface area is 171 Å². The van der Waals surface area contributed by atoms with Crippen LogP contribution < -0.4 is 15.2 Å². The minimum absolute atomic E-state index is 0.189. The topological polar surface area (TPSA) is 108 Å². The molecule has 0 aliphatic rings. The summed E-state index contributed by atoms with van der Waals surface area (Å²) in [5.41, 5.74) is 7.35. The summed E-state index contributed by atoms with van der Waals surface area (Å²) in [6.45, 7) is 0. The van der Waals surface area contributed by atoms with Crippen LogP contribution in [-0.2, 0) is 0 Å². The number of hydrogen-bond acceptors (Lipinski definition) is 6. The molecule has 0 aliphatic carbocycles. The van der Waals surface area contributed by atoms with E-state index in [4.69, 9.17) is 15.2 Å². The SMILES string of the molecule is CN(C)C(=O)Oc1ccc2cccnc2c1-c1c(OC(N)=O)ccc2cccnc12. The number of benzene rings is 2. The van der Waals surface area contributed by atoms with Gasteiger partial charge in [0.1, 0.15) is 11.5 Å². The summed E-state index contributed by atoms with van der Waals surface area (Å²) >= 11 is 0. The van der Waals surface area contributed by atoms with Crippen LogP contribution in [-0.4, -0.2) is 41.1 Å². The third-order valence-electron chi connectivity index (χ3n) is 4.50. The lowest BCUT2D eigenvalue weighted by Crippen LogP contribution is -2.25. The van der Waals surface area contributed by atoms with Crippen LogP contribution in [0, 0.1) is 0 Å². The van der Waals surface area contributed by atoms with E-state index in [1.807, 2.05) is 12.1 Å². The maximum atomic E-state index is 12.3. The summed E-state index contributed by atoms with van der Waals surface area (Å²) < 4.78 is 10.9. The van der Waals surface area contributed by atoms with Crippen molar-refractivity contribution in [1.82, 2.24) is 14.9 Å². The molecular weight excluding hydrogens is 384 g/mol. The summed E-state index contributed by atoms with van der Waals surface area (Å²) in [7, 11) is 3.17. The van der Waals surface area contributed by atoms with E-state index in [1.165, 1.54) is 4.90 Å². The van der Waals surface area contributed by atoms with Crippen molar-refractivity contribution in [2.45, 2.75) is 0 Å². The van der Waals surface area contributed by atoms with E-state index >= 15 is 0 Å². The molecule has 0 unspecified atom stereocenters. The second-order valence-electron chi connectivity index (χ2n) is 6.71. The minimum atomic E-state index is -0.966. The van der Waals surface area contributed by atoms with Crippen LogP contribution in [0.15, 0.2) is 60.9 Å². The highest BCUT2D eigenvalue weighted by Gasteiger charge is 2.23. The first-order valence-electron chi connectivity index (χ1n) is 9.08. The molecule has 8 heteroatoms. The third-order valence-corrected chi connectivity index (χ3v) is 4.50. The Bertz CT molecular complexity index is 1290. The number of carbonyl (C=O) groups is 2. The van der Waals surface area contributed by atoms with Gasteiger partial charge in [0.15, 0.2) is 0 Å². The molecule has 0 bridgehead atoms. The summed E-state index contributed by atoms with van der Waals surface area (Å²) in [4.78, 5) is 34.2. The van der Waals surface area contributed by atoms with Crippen molar-refractivity contribution in [3.05, 3.63) is 60.9 Å². The maximum Gasteiger partial charge on any atom is 0.414 e. The van der Waals surface area contributed by atoms with Gasteiger partial charge in [0, 0.05) is 37.3 Å². The van der Waals surface area contributed by atoms with Gasteiger partial charge in [0.2, 0.25) is 0 Å². The molecule has 2 heterocycles. The highest BCUT2D eigenvalue weighted by molar-refractivity contribution is 6.07. The van der Waals surface area contributed by atoms with Crippen molar-refractivity contribution >= 4 is 34.0 Å². The molecule has 2 N–H and O–H groups in total. The van der Waals surface area contributed by atoms with Gasteiger partial charge in [0.25, 0.3) is 0 Å². The highest BCUT2D eigenvalue weighted by atomic mass is 16.6. The zero-order valence-electron chi connectivity index (χ0n) is 16.3. The average Bonchev–Trinajstić information content (AvgIpc) is 2.73. The number of fused-ring (bicyclic) bond motifs is 2. The van der Waals surface area contributed by atoms with Gasteiger partial charge in [-0.1, -0.05) is 12.1 Å². The second-order valence-corrected chi connectivity index (χ2v) is 6.71. The Morgan fingerprint density at radius 2 is 1.30 bits per heavy atom. The fourth-order valence-corrected chi connectivity index (χ4v) is 3.20. The Hall–Kier alpha value is -4.20. The van der Waals surface area contributed by atoms with E-state index in [0.717, 1.165) is 10.8 Å². The molecule has 150 valence electrons. The number of amides is 2. The van der Waals surface area contributed by atoms with Crippen molar-refractivity contribution in [2.24, 2.45) is 5.73 Å². The van der Waals surface area contributed by atoms with Crippen LogP contribution in [0.1, 0.15) is 0 Å². The van der Waals surface area contributed by atoms with Gasteiger partial charge in [-0.15, -0.1) is 0 Å². The van der Waals surface area contributed by atoms with Gasteiger partial charge in [-0.05, 0) is 36.4 Å². The lowest BCUT2D eigenvalue weighted by Gasteiger charge is -2.18. The molecule has 0 atom stereocenters. The molecule has 0 saturated heterocycles. The second kappa shape index (κ2) is 7.67. The van der Waals surface area contributed by atoms with E-state index in [-0.39, 0.29) is 11.5 Å². The Morgan fingerprint density at radius 1 is 0.800 bits per heavy atom. The van der Waals surface area contributed by atoms with Gasteiger partial charge >= 0.3 is 12.2 Å². The molecule has 4 aromatic rings. The number of ether oxygens (including phenoxy) is 2. The molecule has 30 heavy (non-hydrogen) atoms. The molecule has 2 aromatic carbocycles. The van der Waals surface area contributed by atoms with E-state index in [2.05, 4.69) is 9.97 Å². The average molecular weight is 402 g/mol. The Balaban J connectivity index is 2.11. The molecular formula is C22H18N4O4. The first-order chi connectivity index (χ1) is 14.5. The monoisotopic (exact) mass is 402 g/mol. The fourth-order valence-electron chi connectivity index (χ4n) is 3.20. The van der Waals surface area contributed by atoms with Gasteiger partial charge in [-0.2, -0.15) is 0 Å². The van der Waals surface area contributed by atoms with E-state index in [9.17, 15) is 9.59 Å². The molecule has 2 aromatic heterocycles. The van der Waals surface area contributed by atoms with Gasteiger partial charge in [-0.3, -0.25) is 9.97 Å². The van der Waals surface area contributed by atoms with Crippen molar-refractivity contribution in [3.63, 3.8) is 0 Å². The van der Waals surface area contributed by atoms with Crippen LogP contribution in [0.4, 0.5) is 9.59 Å². The molecule has 0 radical (unpaired) electrons. The molecule has 0 saturated carbocycles. The molecule has 0 fully saturated rings. The first kappa shape index (κ1) is 19.1. The Morgan fingerprint density at radius 3 is 1.77 bits per heavy atom. The van der Waals surface area contributed by atoms with Crippen LogP contribution >= 0.6 is 0 Å². The van der Waals surface area contributed by atoms with Crippen LogP contribution in [0.2, 0.25) is 0 Å². The standard InChI is InChI=1S/C22H18N4O4/c1-26(2)22(28)30-16-10-8-14-6-4-12-25-20(14)18(16)17-15(29-21(23)27)9-7-13-5-3-11-24-19(13)17/h3-12H,1-2H3,(H2,23,27). The minimum Gasteiger partial charge on any atom is -0.410 e. The predicted octanol–water partition coefficient (Wildman–Crippen LogP) is 3.97. The van der Waals surface area contributed by atoms with Crippen LogP contribution in [0.5, 0.6) is 11.5 Å². The lowest BCUT2D eigenvalue weighted by atomic mass is 9.97. The molecule has 8 nitrogen and oxygen atoms in total. The van der Waals surface area contributed by atoms with E-state index in [0.29, 0.717) is 22.2 Å². The lowest BCUT2D eigenvalue weighted by molar-refractivity contribution is 0.172. The zero-order valence-corrected chi connectivity index (χ0v) is 16.3. The number of rotatable bonds is 3. The first-order valence-corrected chi connectivity index (χ1v) is 9.08. The summed E-state index contributed by atoms with van der Waals surface area (Å²) in [5, 5.41) is 1.62. The molecule has 4 rings (SSSR count). The quantitative estimate of drug-likeness (QED) is 0.556. The van der Waals surface area contributed by atoms with Gasteiger partial charge in [0.05, 0.1) is 22.2 Å². The number of nitrogens with two attached hydrogens (primary N) is 1. The van der Waals surface area contributed by atoms with Crippen LogP contribution in [0.3, 0.4) is 0 Å². The van der Waals surface area contributed by atoms with Crippen molar-refractivity contribution in [3.8, 4) is 22.6 Å². The number of primary amides is 1. The largest absolute Gasteiger partial charge is 0.414 e. The van der Waals surface area contributed by atoms with Gasteiger partial charge in [-0.25, -0.2) is 9.59 Å². The summed E-state index contributed by atoms with van der Waals surface area (Å²) in [6.07, 6.45) is 1.74. The van der Waals surface area contributed by atoms with Crippen molar-refractivity contribution in [1.29, 1.82) is 0 Å². The summed E-state index contributed by atoms with van der Waals surface area (Å²) in [5.74, 6) is 0.446. The number of carbonyl (C=O) groups excluding carboxylic acids is 2. The number of pyridine rings is 2. The summed E-state index contributed by atoms with van der Waals surface area (Å²) in [6, 6.07) is 14.3. The van der Waals surface area contributed by atoms with E-state index < -0.39 is 12.2 Å². The third kappa shape index (κ3) is 3.46. The molecule has 0 spiro atoms. The maximum absolute atomic E-state index is 12.3. The number of nitrogens with zero attached hydrogens (tertiary/aromatic N) is 3. The fraction of sp³-hybridized carbons (Fsp3) is 0.0909. The number of hydrogen-bond donors (Lipinski definition) is 1. The molecule has 0 aliphatic heterocycles. The number of aromatic nitrogens is 2.